The molecule has 110 valence electrons. The second kappa shape index (κ2) is 6.19. The molecule has 2 aromatic carbocycles. The number of phenols is 1. The van der Waals surface area contributed by atoms with Crippen molar-refractivity contribution in [2.75, 3.05) is 7.11 Å². The third-order valence-corrected chi connectivity index (χ3v) is 4.30. The van der Waals surface area contributed by atoms with E-state index in [1.165, 1.54) is 5.56 Å². The van der Waals surface area contributed by atoms with Gasteiger partial charge in [0.2, 0.25) is 0 Å². The standard InChI is InChI=1S/C18H21NO2/c1-21-17-8-6-13(7-9-17)15-10-16(11-15)19-12-14-4-2-3-5-18(14)20/h2-9,15-16,19-20H,10-12H2,1H3. The molecule has 3 heteroatoms. The second-order valence-electron chi connectivity index (χ2n) is 5.65. The number of hydrogen-bond acceptors (Lipinski definition) is 3. The van der Waals surface area contributed by atoms with Gasteiger partial charge in [-0.3, -0.25) is 0 Å². The summed E-state index contributed by atoms with van der Waals surface area (Å²) in [5, 5.41) is 13.3. The average molecular weight is 283 g/mol. The van der Waals surface area contributed by atoms with Crippen LogP contribution >= 0.6 is 0 Å². The van der Waals surface area contributed by atoms with E-state index in [4.69, 9.17) is 4.74 Å². The summed E-state index contributed by atoms with van der Waals surface area (Å²) >= 11 is 0. The number of para-hydroxylation sites is 1. The van der Waals surface area contributed by atoms with Crippen LogP contribution in [0.15, 0.2) is 48.5 Å². The minimum absolute atomic E-state index is 0.371. The van der Waals surface area contributed by atoms with Gasteiger partial charge in [-0.05, 0) is 42.5 Å². The first-order chi connectivity index (χ1) is 10.3. The van der Waals surface area contributed by atoms with E-state index >= 15 is 0 Å². The topological polar surface area (TPSA) is 41.5 Å². The third-order valence-electron chi connectivity index (χ3n) is 4.30. The van der Waals surface area contributed by atoms with Crippen molar-refractivity contribution in [1.82, 2.24) is 5.32 Å². The monoisotopic (exact) mass is 283 g/mol. The highest BCUT2D eigenvalue weighted by Gasteiger charge is 2.29. The Balaban J connectivity index is 1.48. The summed E-state index contributed by atoms with van der Waals surface area (Å²) in [6.07, 6.45) is 2.31. The summed E-state index contributed by atoms with van der Waals surface area (Å²) in [6, 6.07) is 16.4. The van der Waals surface area contributed by atoms with Crippen molar-refractivity contribution in [1.29, 1.82) is 0 Å². The van der Waals surface area contributed by atoms with Crippen LogP contribution in [0.3, 0.4) is 0 Å². The van der Waals surface area contributed by atoms with Gasteiger partial charge in [0.25, 0.3) is 0 Å². The summed E-state index contributed by atoms with van der Waals surface area (Å²) in [4.78, 5) is 0. The second-order valence-corrected chi connectivity index (χ2v) is 5.65. The molecule has 1 saturated carbocycles. The summed E-state index contributed by atoms with van der Waals surface area (Å²) in [6.45, 7) is 0.729. The van der Waals surface area contributed by atoms with Gasteiger partial charge in [0.1, 0.15) is 11.5 Å². The van der Waals surface area contributed by atoms with E-state index in [0.717, 1.165) is 30.7 Å². The first-order valence-electron chi connectivity index (χ1n) is 7.40. The van der Waals surface area contributed by atoms with Crippen molar-refractivity contribution in [3.05, 3.63) is 59.7 Å². The van der Waals surface area contributed by atoms with Crippen molar-refractivity contribution >= 4 is 0 Å². The summed E-state index contributed by atoms with van der Waals surface area (Å²) in [7, 11) is 1.69. The fourth-order valence-electron chi connectivity index (χ4n) is 2.85. The number of ether oxygens (including phenoxy) is 1. The van der Waals surface area contributed by atoms with Crippen LogP contribution in [0, 0.1) is 0 Å². The van der Waals surface area contributed by atoms with Crippen LogP contribution in [-0.2, 0) is 6.54 Å². The minimum atomic E-state index is 0.371. The Bertz CT molecular complexity index is 588. The number of benzene rings is 2. The van der Waals surface area contributed by atoms with E-state index in [-0.39, 0.29) is 0 Å². The van der Waals surface area contributed by atoms with Crippen molar-refractivity contribution in [3.8, 4) is 11.5 Å². The Hall–Kier alpha value is -2.00. The van der Waals surface area contributed by atoms with Gasteiger partial charge < -0.3 is 15.2 Å². The molecule has 3 nitrogen and oxygen atoms in total. The molecule has 0 radical (unpaired) electrons. The summed E-state index contributed by atoms with van der Waals surface area (Å²) in [5.74, 6) is 1.92. The predicted octanol–water partition coefficient (Wildman–Crippen LogP) is 3.44. The van der Waals surface area contributed by atoms with Gasteiger partial charge in [-0.2, -0.15) is 0 Å². The van der Waals surface area contributed by atoms with Gasteiger partial charge in [-0.1, -0.05) is 30.3 Å². The molecule has 0 unspecified atom stereocenters. The SMILES string of the molecule is COc1ccc(C2CC(NCc3ccccc3O)C2)cc1. The molecule has 0 aromatic heterocycles. The number of aromatic hydroxyl groups is 1. The Kier molecular flexibility index (Phi) is 4.11. The van der Waals surface area contributed by atoms with E-state index in [2.05, 4.69) is 17.4 Å². The molecular formula is C18H21NO2. The van der Waals surface area contributed by atoms with Crippen molar-refractivity contribution in [2.45, 2.75) is 31.3 Å². The van der Waals surface area contributed by atoms with Crippen LogP contribution in [0.2, 0.25) is 0 Å². The number of methoxy groups -OCH3 is 1. The minimum Gasteiger partial charge on any atom is -0.508 e. The lowest BCUT2D eigenvalue weighted by molar-refractivity contribution is 0.288. The third kappa shape index (κ3) is 3.19. The van der Waals surface area contributed by atoms with E-state index in [1.807, 2.05) is 30.3 Å². The molecule has 0 aliphatic heterocycles. The number of rotatable bonds is 5. The summed E-state index contributed by atoms with van der Waals surface area (Å²) in [5.41, 5.74) is 2.35. The highest BCUT2D eigenvalue weighted by atomic mass is 16.5. The molecular weight excluding hydrogens is 262 g/mol. The molecule has 3 rings (SSSR count). The van der Waals surface area contributed by atoms with Crippen LogP contribution < -0.4 is 10.1 Å². The van der Waals surface area contributed by atoms with E-state index in [0.29, 0.717) is 17.7 Å². The van der Waals surface area contributed by atoms with Crippen molar-refractivity contribution in [2.24, 2.45) is 0 Å². The maximum Gasteiger partial charge on any atom is 0.120 e. The highest BCUT2D eigenvalue weighted by Crippen LogP contribution is 2.37. The van der Waals surface area contributed by atoms with Crippen molar-refractivity contribution < 1.29 is 9.84 Å². The zero-order valence-electron chi connectivity index (χ0n) is 12.3. The smallest absolute Gasteiger partial charge is 0.120 e. The van der Waals surface area contributed by atoms with Gasteiger partial charge >= 0.3 is 0 Å². The van der Waals surface area contributed by atoms with Crippen LogP contribution in [0.1, 0.15) is 29.9 Å². The first-order valence-corrected chi connectivity index (χ1v) is 7.40. The fraction of sp³-hybridized carbons (Fsp3) is 0.333. The fourth-order valence-corrected chi connectivity index (χ4v) is 2.85. The molecule has 0 heterocycles. The van der Waals surface area contributed by atoms with Gasteiger partial charge in [-0.25, -0.2) is 0 Å². The van der Waals surface area contributed by atoms with Crippen LogP contribution in [0.25, 0.3) is 0 Å². The normalized spacial score (nSPS) is 20.8. The molecule has 0 amide bonds. The largest absolute Gasteiger partial charge is 0.508 e. The van der Waals surface area contributed by atoms with E-state index in [9.17, 15) is 5.11 Å². The number of hydrogen-bond donors (Lipinski definition) is 2. The van der Waals surface area contributed by atoms with E-state index < -0.39 is 0 Å². The molecule has 1 aliphatic carbocycles. The van der Waals surface area contributed by atoms with Gasteiger partial charge in [0.15, 0.2) is 0 Å². The van der Waals surface area contributed by atoms with Crippen LogP contribution in [0.5, 0.6) is 11.5 Å². The Morgan fingerprint density at radius 2 is 1.81 bits per heavy atom. The maximum atomic E-state index is 9.74. The molecule has 0 spiro atoms. The van der Waals surface area contributed by atoms with Crippen molar-refractivity contribution in [3.63, 3.8) is 0 Å². The Morgan fingerprint density at radius 1 is 1.10 bits per heavy atom. The quantitative estimate of drug-likeness (QED) is 0.883. The Morgan fingerprint density at radius 3 is 2.48 bits per heavy atom. The van der Waals surface area contributed by atoms with Crippen LogP contribution in [0.4, 0.5) is 0 Å². The summed E-state index contributed by atoms with van der Waals surface area (Å²) < 4.78 is 5.18. The lowest BCUT2D eigenvalue weighted by Gasteiger charge is -2.36. The molecule has 0 saturated heterocycles. The predicted molar refractivity (Wildman–Crippen MR) is 83.7 cm³/mol. The lowest BCUT2D eigenvalue weighted by Crippen LogP contribution is -2.39. The molecule has 0 bridgehead atoms. The van der Waals surface area contributed by atoms with Gasteiger partial charge in [-0.15, -0.1) is 0 Å². The molecule has 1 aliphatic rings. The molecule has 21 heavy (non-hydrogen) atoms. The highest BCUT2D eigenvalue weighted by molar-refractivity contribution is 5.32. The lowest BCUT2D eigenvalue weighted by atomic mass is 9.76. The van der Waals surface area contributed by atoms with Gasteiger partial charge in [0, 0.05) is 18.2 Å². The molecule has 0 atom stereocenters. The number of phenolic OH excluding ortho intramolecular Hbond substituents is 1. The molecule has 2 aromatic rings. The van der Waals surface area contributed by atoms with Crippen LogP contribution in [-0.4, -0.2) is 18.3 Å². The Labute approximate surface area is 125 Å². The number of nitrogens with one attached hydrogen (secondary N) is 1. The first kappa shape index (κ1) is 14.0. The molecule has 2 N–H and O–H groups in total. The average Bonchev–Trinajstić information content (AvgIpc) is 2.48. The maximum absolute atomic E-state index is 9.74. The van der Waals surface area contributed by atoms with E-state index in [1.54, 1.807) is 13.2 Å². The molecule has 1 fully saturated rings. The van der Waals surface area contributed by atoms with Gasteiger partial charge in [0.05, 0.1) is 7.11 Å². The zero-order chi connectivity index (χ0) is 14.7. The zero-order valence-corrected chi connectivity index (χ0v) is 12.3.